The van der Waals surface area contributed by atoms with Crippen LogP contribution in [0.15, 0.2) is 46.9 Å². The van der Waals surface area contributed by atoms with Crippen molar-refractivity contribution in [2.45, 2.75) is 32.2 Å². The fourth-order valence-corrected chi connectivity index (χ4v) is 4.50. The van der Waals surface area contributed by atoms with Gasteiger partial charge in [-0.15, -0.1) is 11.3 Å². The van der Waals surface area contributed by atoms with Gasteiger partial charge in [-0.1, -0.05) is 25.5 Å². The van der Waals surface area contributed by atoms with Gasteiger partial charge < -0.3 is 14.2 Å². The van der Waals surface area contributed by atoms with Gasteiger partial charge in [0, 0.05) is 12.1 Å². The molecule has 1 amide bonds. The largest absolute Gasteiger partial charge is 0.493 e. The summed E-state index contributed by atoms with van der Waals surface area (Å²) in [6.45, 7) is 1.59. The maximum atomic E-state index is 13.1. The van der Waals surface area contributed by atoms with E-state index >= 15 is 0 Å². The van der Waals surface area contributed by atoms with E-state index in [1.165, 1.54) is 5.01 Å². The highest BCUT2D eigenvalue weighted by Gasteiger charge is 2.34. The Bertz CT molecular complexity index is 1190. The van der Waals surface area contributed by atoms with Crippen molar-refractivity contribution in [3.8, 4) is 11.5 Å². The van der Waals surface area contributed by atoms with Crippen molar-refractivity contribution in [2.75, 3.05) is 20.8 Å². The van der Waals surface area contributed by atoms with Gasteiger partial charge in [-0.2, -0.15) is 10.2 Å². The number of rotatable bonds is 9. The zero-order chi connectivity index (χ0) is 24.1. The van der Waals surface area contributed by atoms with Crippen molar-refractivity contribution in [3.63, 3.8) is 0 Å². The predicted molar refractivity (Wildman–Crippen MR) is 127 cm³/mol. The highest BCUT2D eigenvalue weighted by molar-refractivity contribution is 7.12. The molecule has 2 aromatic heterocycles. The Morgan fingerprint density at radius 2 is 2.00 bits per heavy atom. The zero-order valence-corrected chi connectivity index (χ0v) is 20.1. The summed E-state index contributed by atoms with van der Waals surface area (Å²) in [4.78, 5) is 26.5. The molecule has 1 atom stereocenters. The summed E-state index contributed by atoms with van der Waals surface area (Å²) in [7, 11) is 3.13. The molecule has 0 bridgehead atoms. The highest BCUT2D eigenvalue weighted by atomic mass is 32.1. The number of methoxy groups -OCH3 is 2. The van der Waals surface area contributed by atoms with Gasteiger partial charge in [-0.25, -0.2) is 9.80 Å². The second-order valence-corrected chi connectivity index (χ2v) is 8.65. The number of benzene rings is 1. The van der Waals surface area contributed by atoms with Crippen LogP contribution < -0.4 is 9.47 Å². The molecule has 178 valence electrons. The molecule has 3 aromatic rings. The topological polar surface area (TPSA) is 106 Å². The Kier molecular flexibility index (Phi) is 7.27. The second-order valence-electron chi connectivity index (χ2n) is 7.70. The summed E-state index contributed by atoms with van der Waals surface area (Å²) in [6, 6.07) is 10.7. The molecule has 0 saturated heterocycles. The SMILES string of the molecule is CCCc1cc(C(=O)OCC(=O)N2N=C(c3cccs3)C[C@H]2c2ccc(OC)c(OC)c2)n[nH]1. The average Bonchev–Trinajstić information content (AvgIpc) is 3.62. The van der Waals surface area contributed by atoms with E-state index in [1.54, 1.807) is 37.7 Å². The maximum absolute atomic E-state index is 13.1. The number of H-pyrrole nitrogens is 1. The number of aromatic amines is 1. The van der Waals surface area contributed by atoms with E-state index in [4.69, 9.17) is 14.2 Å². The zero-order valence-electron chi connectivity index (χ0n) is 19.2. The van der Waals surface area contributed by atoms with Crippen molar-refractivity contribution in [3.05, 3.63) is 63.6 Å². The minimum atomic E-state index is -0.656. The number of nitrogens with one attached hydrogen (secondary N) is 1. The molecule has 0 aliphatic carbocycles. The summed E-state index contributed by atoms with van der Waals surface area (Å²) in [5.41, 5.74) is 2.63. The van der Waals surface area contributed by atoms with Gasteiger partial charge in [-0.05, 0) is 41.6 Å². The number of hydrogen-bond acceptors (Lipinski definition) is 8. The summed E-state index contributed by atoms with van der Waals surface area (Å²) < 4.78 is 16.0. The van der Waals surface area contributed by atoms with E-state index < -0.39 is 18.5 Å². The molecule has 4 rings (SSSR count). The Morgan fingerprint density at radius 3 is 2.71 bits per heavy atom. The van der Waals surface area contributed by atoms with Crippen molar-refractivity contribution in [2.24, 2.45) is 5.10 Å². The van der Waals surface area contributed by atoms with Crippen LogP contribution in [0, 0.1) is 0 Å². The lowest BCUT2D eigenvalue weighted by atomic mass is 10.0. The number of ether oxygens (including phenoxy) is 3. The van der Waals surface area contributed by atoms with Crippen LogP contribution in [-0.2, 0) is 16.0 Å². The highest BCUT2D eigenvalue weighted by Crippen LogP contribution is 2.37. The molecule has 9 nitrogen and oxygen atoms in total. The summed E-state index contributed by atoms with van der Waals surface area (Å²) in [5.74, 6) is 0.0713. The van der Waals surface area contributed by atoms with Crippen molar-refractivity contribution in [1.82, 2.24) is 15.2 Å². The van der Waals surface area contributed by atoms with Crippen LogP contribution in [-0.4, -0.2) is 53.6 Å². The molecular weight excluding hydrogens is 456 g/mol. The Balaban J connectivity index is 1.53. The van der Waals surface area contributed by atoms with Crippen LogP contribution in [0.2, 0.25) is 0 Å². The molecular formula is C24H26N4O5S. The van der Waals surface area contributed by atoms with Crippen LogP contribution in [0.4, 0.5) is 0 Å². The Hall–Kier alpha value is -3.66. The fourth-order valence-electron chi connectivity index (χ4n) is 3.78. The molecule has 1 N–H and O–H groups in total. The van der Waals surface area contributed by atoms with E-state index in [0.717, 1.165) is 34.7 Å². The average molecular weight is 483 g/mol. The third-order valence-corrected chi connectivity index (χ3v) is 6.37. The first-order valence-electron chi connectivity index (χ1n) is 10.9. The van der Waals surface area contributed by atoms with Crippen molar-refractivity contribution in [1.29, 1.82) is 0 Å². The van der Waals surface area contributed by atoms with E-state index in [2.05, 4.69) is 15.3 Å². The molecule has 0 saturated carbocycles. The molecule has 0 unspecified atom stereocenters. The summed E-state index contributed by atoms with van der Waals surface area (Å²) in [6.07, 6.45) is 2.22. The molecule has 0 spiro atoms. The lowest BCUT2D eigenvalue weighted by Gasteiger charge is -2.22. The van der Waals surface area contributed by atoms with Crippen LogP contribution >= 0.6 is 11.3 Å². The van der Waals surface area contributed by atoms with E-state index in [0.29, 0.717) is 17.9 Å². The van der Waals surface area contributed by atoms with E-state index in [-0.39, 0.29) is 11.7 Å². The Morgan fingerprint density at radius 1 is 1.18 bits per heavy atom. The number of carbonyl (C=O) groups is 2. The van der Waals surface area contributed by atoms with E-state index in [9.17, 15) is 9.59 Å². The molecule has 0 fully saturated rings. The van der Waals surface area contributed by atoms with Gasteiger partial charge in [-0.3, -0.25) is 9.89 Å². The molecule has 10 heteroatoms. The van der Waals surface area contributed by atoms with Gasteiger partial charge >= 0.3 is 5.97 Å². The van der Waals surface area contributed by atoms with Crippen LogP contribution in [0.3, 0.4) is 0 Å². The molecule has 3 heterocycles. The van der Waals surface area contributed by atoms with Gasteiger partial charge in [0.25, 0.3) is 5.91 Å². The minimum Gasteiger partial charge on any atom is -0.493 e. The quantitative estimate of drug-likeness (QED) is 0.463. The van der Waals surface area contributed by atoms with Crippen molar-refractivity contribution < 1.29 is 23.8 Å². The van der Waals surface area contributed by atoms with Gasteiger partial charge in [0.05, 0.1) is 30.9 Å². The monoisotopic (exact) mass is 482 g/mol. The number of amides is 1. The number of thiophene rings is 1. The third kappa shape index (κ3) is 4.96. The lowest BCUT2D eigenvalue weighted by Crippen LogP contribution is -2.31. The summed E-state index contributed by atoms with van der Waals surface area (Å²) >= 11 is 1.56. The van der Waals surface area contributed by atoms with Gasteiger partial charge in [0.15, 0.2) is 23.8 Å². The standard InChI is InChI=1S/C24H26N4O5S/c1-4-6-16-12-18(26-25-16)24(30)33-14-23(29)28-19(13-17(27-28)22-7-5-10-34-22)15-8-9-20(31-2)21(11-15)32-3/h5,7-12,19H,4,6,13-14H2,1-3H3,(H,25,26)/t19-/m0/s1. The van der Waals surface area contributed by atoms with Gasteiger partial charge in [0.2, 0.25) is 0 Å². The normalized spacial score (nSPS) is 15.2. The number of esters is 1. The lowest BCUT2D eigenvalue weighted by molar-refractivity contribution is -0.136. The molecule has 1 aliphatic rings. The molecule has 1 aliphatic heterocycles. The number of hydrazone groups is 1. The molecule has 1 aromatic carbocycles. The first-order valence-corrected chi connectivity index (χ1v) is 11.8. The van der Waals surface area contributed by atoms with Crippen molar-refractivity contribution >= 4 is 28.9 Å². The first kappa shape index (κ1) is 23.5. The maximum Gasteiger partial charge on any atom is 0.359 e. The smallest absolute Gasteiger partial charge is 0.359 e. The van der Waals surface area contributed by atoms with Crippen LogP contribution in [0.25, 0.3) is 0 Å². The third-order valence-electron chi connectivity index (χ3n) is 5.45. The second kappa shape index (κ2) is 10.5. The summed E-state index contributed by atoms with van der Waals surface area (Å²) in [5, 5.41) is 14.7. The predicted octanol–water partition coefficient (Wildman–Crippen LogP) is 3.98. The number of nitrogens with zero attached hydrogens (tertiary/aromatic N) is 3. The number of aryl methyl sites for hydroxylation is 1. The Labute approximate surface area is 201 Å². The number of hydrogen-bond donors (Lipinski definition) is 1. The number of aromatic nitrogens is 2. The minimum absolute atomic E-state index is 0.150. The van der Waals surface area contributed by atoms with Crippen LogP contribution in [0.5, 0.6) is 11.5 Å². The molecule has 34 heavy (non-hydrogen) atoms. The van der Waals surface area contributed by atoms with Gasteiger partial charge in [0.1, 0.15) is 0 Å². The van der Waals surface area contributed by atoms with Crippen LogP contribution in [0.1, 0.15) is 52.4 Å². The molecule has 0 radical (unpaired) electrons. The van der Waals surface area contributed by atoms with E-state index in [1.807, 2.05) is 36.6 Å². The first-order chi connectivity index (χ1) is 16.5. The number of carbonyl (C=O) groups excluding carboxylic acids is 2. The fraction of sp³-hybridized carbons (Fsp3) is 0.333.